The van der Waals surface area contributed by atoms with Crippen molar-refractivity contribution in [2.75, 3.05) is 6.54 Å². The van der Waals surface area contributed by atoms with Crippen LogP contribution in [0.1, 0.15) is 20.8 Å². The van der Waals surface area contributed by atoms with Crippen molar-refractivity contribution in [3.05, 3.63) is 92.2 Å². The Kier molecular flexibility index (Phi) is 7.15. The van der Waals surface area contributed by atoms with Gasteiger partial charge in [0.25, 0.3) is 5.91 Å². The molecule has 2 amide bonds. The fourth-order valence-electron chi connectivity index (χ4n) is 3.53. The summed E-state index contributed by atoms with van der Waals surface area (Å²) in [5.74, 6) is -0.508. The zero-order chi connectivity index (χ0) is 22.5. The minimum atomic E-state index is -0.718. The van der Waals surface area contributed by atoms with Crippen molar-refractivity contribution in [3.63, 3.8) is 0 Å². The van der Waals surface area contributed by atoms with Crippen LogP contribution in [0.2, 0.25) is 10.0 Å². The fourth-order valence-corrected chi connectivity index (χ4v) is 4.66. The Morgan fingerprint density at radius 3 is 2.66 bits per heavy atom. The Bertz CT molecular complexity index is 1240. The first kappa shape index (κ1) is 22.4. The van der Waals surface area contributed by atoms with E-state index in [1.807, 2.05) is 48.0 Å². The summed E-state index contributed by atoms with van der Waals surface area (Å²) in [4.78, 5) is 29.5. The molecule has 1 atom stereocenters. The van der Waals surface area contributed by atoms with Crippen LogP contribution >= 0.6 is 34.5 Å². The fraction of sp³-hybridized carbons (Fsp3) is 0.167. The van der Waals surface area contributed by atoms with Gasteiger partial charge in [-0.05, 0) is 47.2 Å². The van der Waals surface area contributed by atoms with Gasteiger partial charge in [0.05, 0.1) is 4.88 Å². The number of thiophene rings is 1. The highest BCUT2D eigenvalue weighted by Crippen LogP contribution is 2.22. The highest BCUT2D eigenvalue weighted by Gasteiger charge is 2.23. The number of para-hydroxylation sites is 1. The smallest absolute Gasteiger partial charge is 0.262 e. The highest BCUT2D eigenvalue weighted by molar-refractivity contribution is 7.12. The zero-order valence-corrected chi connectivity index (χ0v) is 19.4. The molecule has 0 spiro atoms. The van der Waals surface area contributed by atoms with Gasteiger partial charge in [0.1, 0.15) is 6.04 Å². The molecule has 0 saturated heterocycles. The van der Waals surface area contributed by atoms with E-state index < -0.39 is 6.04 Å². The number of hydrogen-bond donors (Lipinski definition) is 3. The third kappa shape index (κ3) is 5.33. The van der Waals surface area contributed by atoms with Gasteiger partial charge in [-0.3, -0.25) is 9.59 Å². The highest BCUT2D eigenvalue weighted by atomic mass is 35.5. The topological polar surface area (TPSA) is 74.0 Å². The van der Waals surface area contributed by atoms with Crippen molar-refractivity contribution in [1.82, 2.24) is 15.6 Å². The van der Waals surface area contributed by atoms with Crippen LogP contribution in [0.3, 0.4) is 0 Å². The van der Waals surface area contributed by atoms with Gasteiger partial charge in [-0.2, -0.15) is 0 Å². The van der Waals surface area contributed by atoms with E-state index in [2.05, 4.69) is 15.6 Å². The summed E-state index contributed by atoms with van der Waals surface area (Å²) in [7, 11) is 0. The second kappa shape index (κ2) is 10.2. The maximum atomic E-state index is 13.1. The number of rotatable bonds is 8. The van der Waals surface area contributed by atoms with E-state index in [0.717, 1.165) is 22.0 Å². The van der Waals surface area contributed by atoms with Crippen LogP contribution in [-0.4, -0.2) is 29.4 Å². The summed E-state index contributed by atoms with van der Waals surface area (Å²) < 4.78 is 0. The zero-order valence-electron chi connectivity index (χ0n) is 17.0. The van der Waals surface area contributed by atoms with Gasteiger partial charge in [-0.15, -0.1) is 11.3 Å². The van der Waals surface area contributed by atoms with Crippen molar-refractivity contribution in [1.29, 1.82) is 0 Å². The van der Waals surface area contributed by atoms with E-state index in [1.165, 1.54) is 11.3 Å². The molecule has 0 fully saturated rings. The summed E-state index contributed by atoms with van der Waals surface area (Å²) in [6, 6.07) is 16.0. The number of fused-ring (bicyclic) bond motifs is 1. The molecule has 5 nitrogen and oxygen atoms in total. The molecule has 0 aliphatic rings. The number of nitrogens with one attached hydrogen (secondary N) is 3. The molecule has 32 heavy (non-hydrogen) atoms. The average Bonchev–Trinajstić information content (AvgIpc) is 3.45. The van der Waals surface area contributed by atoms with Crippen molar-refractivity contribution in [3.8, 4) is 0 Å². The van der Waals surface area contributed by atoms with Gasteiger partial charge >= 0.3 is 0 Å². The quantitative estimate of drug-likeness (QED) is 0.319. The molecular formula is C24H21Cl2N3O2S. The molecule has 2 aromatic carbocycles. The van der Waals surface area contributed by atoms with Gasteiger partial charge in [0.2, 0.25) is 5.91 Å². The molecular weight excluding hydrogens is 465 g/mol. The second-order valence-corrected chi connectivity index (χ2v) is 9.14. The van der Waals surface area contributed by atoms with Crippen LogP contribution in [0.4, 0.5) is 0 Å². The SMILES string of the molecule is O=C(N[C@@H](Cc1c[nH]c2ccccc12)C(=O)NCCc1ccc(Cl)cc1Cl)c1cccs1. The summed E-state index contributed by atoms with van der Waals surface area (Å²) in [6.45, 7) is 0.388. The van der Waals surface area contributed by atoms with Gasteiger partial charge in [-0.25, -0.2) is 0 Å². The van der Waals surface area contributed by atoms with Gasteiger partial charge in [-0.1, -0.05) is 53.5 Å². The van der Waals surface area contributed by atoms with Crippen LogP contribution in [0.5, 0.6) is 0 Å². The van der Waals surface area contributed by atoms with Crippen LogP contribution < -0.4 is 10.6 Å². The number of aromatic nitrogens is 1. The number of carbonyl (C=O) groups excluding carboxylic acids is 2. The lowest BCUT2D eigenvalue weighted by molar-refractivity contribution is -0.122. The molecule has 4 rings (SSSR count). The standard InChI is InChI=1S/C24H21Cl2N3O2S/c25-17-8-7-15(19(26)13-17)9-10-27-23(30)21(29-24(31)22-6-3-11-32-22)12-16-14-28-20-5-2-1-4-18(16)20/h1-8,11,13-14,21,28H,9-10,12H2,(H,27,30)(H,29,31)/t21-/m0/s1. The largest absolute Gasteiger partial charge is 0.361 e. The molecule has 2 aromatic heterocycles. The van der Waals surface area contributed by atoms with Gasteiger partial charge < -0.3 is 15.6 Å². The number of aromatic amines is 1. The average molecular weight is 486 g/mol. The van der Waals surface area contributed by atoms with E-state index in [0.29, 0.717) is 34.3 Å². The number of amides is 2. The Balaban J connectivity index is 1.47. The molecule has 0 aliphatic carbocycles. The molecule has 4 aromatic rings. The number of hydrogen-bond acceptors (Lipinski definition) is 3. The molecule has 3 N–H and O–H groups in total. The van der Waals surface area contributed by atoms with Crippen LogP contribution in [0.25, 0.3) is 10.9 Å². The molecule has 0 aliphatic heterocycles. The maximum absolute atomic E-state index is 13.1. The Hall–Kier alpha value is -2.80. The van der Waals surface area contributed by atoms with Crippen molar-refractivity contribution < 1.29 is 9.59 Å². The van der Waals surface area contributed by atoms with Gasteiger partial charge in [0, 0.05) is 40.1 Å². The normalized spacial score (nSPS) is 11.9. The van der Waals surface area contributed by atoms with Crippen LogP contribution in [0.15, 0.2) is 66.2 Å². The summed E-state index contributed by atoms with van der Waals surface area (Å²) in [5.41, 5.74) is 2.85. The third-order valence-electron chi connectivity index (χ3n) is 5.17. The Labute approximate surface area is 199 Å². The maximum Gasteiger partial charge on any atom is 0.262 e. The summed E-state index contributed by atoms with van der Waals surface area (Å²) >= 11 is 13.5. The first-order valence-electron chi connectivity index (χ1n) is 10.1. The number of halogens is 2. The van der Waals surface area contributed by atoms with E-state index in [4.69, 9.17) is 23.2 Å². The van der Waals surface area contributed by atoms with E-state index in [-0.39, 0.29) is 11.8 Å². The molecule has 2 heterocycles. The first-order valence-corrected chi connectivity index (χ1v) is 11.8. The minimum Gasteiger partial charge on any atom is -0.361 e. The van der Waals surface area contributed by atoms with Gasteiger partial charge in [0.15, 0.2) is 0 Å². The molecule has 0 saturated carbocycles. The predicted molar refractivity (Wildman–Crippen MR) is 131 cm³/mol. The van der Waals surface area contributed by atoms with E-state index in [9.17, 15) is 9.59 Å². The van der Waals surface area contributed by atoms with Crippen molar-refractivity contribution in [2.24, 2.45) is 0 Å². The minimum absolute atomic E-state index is 0.245. The summed E-state index contributed by atoms with van der Waals surface area (Å²) in [5, 5.41) is 9.82. The number of benzene rings is 2. The summed E-state index contributed by atoms with van der Waals surface area (Å²) in [6.07, 6.45) is 2.81. The number of H-pyrrole nitrogens is 1. The third-order valence-corrected chi connectivity index (χ3v) is 6.63. The first-order chi connectivity index (χ1) is 15.5. The van der Waals surface area contributed by atoms with E-state index >= 15 is 0 Å². The molecule has 0 radical (unpaired) electrons. The molecule has 0 unspecified atom stereocenters. The second-order valence-electron chi connectivity index (χ2n) is 7.34. The molecule has 164 valence electrons. The van der Waals surface area contributed by atoms with Crippen molar-refractivity contribution in [2.45, 2.75) is 18.9 Å². The Morgan fingerprint density at radius 1 is 1.03 bits per heavy atom. The lowest BCUT2D eigenvalue weighted by atomic mass is 10.0. The van der Waals surface area contributed by atoms with Crippen LogP contribution in [0, 0.1) is 0 Å². The van der Waals surface area contributed by atoms with E-state index in [1.54, 1.807) is 18.2 Å². The van der Waals surface area contributed by atoms with Crippen LogP contribution in [-0.2, 0) is 17.6 Å². The monoisotopic (exact) mass is 485 g/mol. The molecule has 8 heteroatoms. The predicted octanol–water partition coefficient (Wildman–Crippen LogP) is 5.24. The Morgan fingerprint density at radius 2 is 1.88 bits per heavy atom. The number of carbonyl (C=O) groups is 2. The molecule has 0 bridgehead atoms. The van der Waals surface area contributed by atoms with Crippen molar-refractivity contribution >= 4 is 57.3 Å². The lowest BCUT2D eigenvalue weighted by Crippen LogP contribution is -2.48. The lowest BCUT2D eigenvalue weighted by Gasteiger charge is -2.18.